The van der Waals surface area contributed by atoms with Crippen LogP contribution in [0.15, 0.2) is 18.5 Å². The lowest BCUT2D eigenvalue weighted by Gasteiger charge is -2.46. The molecule has 1 unspecified atom stereocenters. The number of hydrogen-bond acceptors (Lipinski definition) is 5. The summed E-state index contributed by atoms with van der Waals surface area (Å²) >= 11 is 0. The molecule has 2 N–H and O–H groups in total. The van der Waals surface area contributed by atoms with Crippen LogP contribution in [0.1, 0.15) is 48.0 Å². The average molecular weight is 389 g/mol. The number of primary amides is 1. The van der Waals surface area contributed by atoms with Crippen LogP contribution in [0.5, 0.6) is 0 Å². The highest BCUT2D eigenvalue weighted by molar-refractivity contribution is 5.94. The fraction of sp³-hybridized carbons (Fsp3) is 0.667. The van der Waals surface area contributed by atoms with E-state index in [1.165, 1.54) is 0 Å². The van der Waals surface area contributed by atoms with Crippen LogP contribution >= 0.6 is 0 Å². The van der Waals surface area contributed by atoms with Crippen LogP contribution in [0.3, 0.4) is 0 Å². The molecule has 2 amide bonds. The first-order chi connectivity index (χ1) is 13.4. The predicted octanol–water partition coefficient (Wildman–Crippen LogP) is 1.60. The first kappa shape index (κ1) is 20.7. The van der Waals surface area contributed by atoms with E-state index in [1.807, 2.05) is 17.9 Å². The molecule has 1 aromatic rings. The minimum atomic E-state index is -0.492. The first-order valence-electron chi connectivity index (χ1n) is 10.2. The minimum absolute atomic E-state index is 0.0554. The van der Waals surface area contributed by atoms with E-state index in [2.05, 4.69) is 9.88 Å². The van der Waals surface area contributed by atoms with Crippen LogP contribution in [0.4, 0.5) is 0 Å². The lowest BCUT2D eigenvalue weighted by atomic mass is 9.76. The molecule has 3 heterocycles. The maximum absolute atomic E-state index is 12.7. The average Bonchev–Trinajstić information content (AvgIpc) is 2.72. The highest BCUT2D eigenvalue weighted by Gasteiger charge is 2.42. The van der Waals surface area contributed by atoms with Crippen molar-refractivity contribution in [2.24, 2.45) is 11.1 Å². The molecule has 7 nitrogen and oxygen atoms in total. The lowest BCUT2D eigenvalue weighted by Crippen LogP contribution is -2.56. The van der Waals surface area contributed by atoms with Crippen LogP contribution in [0.2, 0.25) is 0 Å². The summed E-state index contributed by atoms with van der Waals surface area (Å²) in [5.74, 6) is -0.159. The predicted molar refractivity (Wildman–Crippen MR) is 107 cm³/mol. The van der Waals surface area contributed by atoms with Crippen LogP contribution in [-0.2, 0) is 9.53 Å². The number of aromatic nitrogens is 1. The Morgan fingerprint density at radius 1 is 1.29 bits per heavy atom. The van der Waals surface area contributed by atoms with Gasteiger partial charge in [0, 0.05) is 51.8 Å². The summed E-state index contributed by atoms with van der Waals surface area (Å²) in [6, 6.07) is 2.28. The Labute approximate surface area is 167 Å². The van der Waals surface area contributed by atoms with Crippen molar-refractivity contribution in [1.82, 2.24) is 14.8 Å². The number of amides is 2. The van der Waals surface area contributed by atoms with Gasteiger partial charge in [-0.05, 0) is 57.2 Å². The molecule has 1 atom stereocenters. The molecule has 28 heavy (non-hydrogen) atoms. The van der Waals surface area contributed by atoms with E-state index in [0.717, 1.165) is 50.9 Å². The Morgan fingerprint density at radius 2 is 2.04 bits per heavy atom. The molecule has 154 valence electrons. The number of carbonyl (C=O) groups excluding carboxylic acids is 2. The maximum atomic E-state index is 12.7. The zero-order valence-electron chi connectivity index (χ0n) is 17.0. The summed E-state index contributed by atoms with van der Waals surface area (Å²) < 4.78 is 5.22. The molecule has 0 spiro atoms. The molecule has 1 aromatic heterocycles. The number of pyridine rings is 1. The van der Waals surface area contributed by atoms with E-state index in [4.69, 9.17) is 10.5 Å². The van der Waals surface area contributed by atoms with Crippen LogP contribution in [0.25, 0.3) is 0 Å². The van der Waals surface area contributed by atoms with E-state index < -0.39 is 5.41 Å². The number of hydrogen-bond donors (Lipinski definition) is 1. The number of piperidine rings is 2. The highest BCUT2D eigenvalue weighted by atomic mass is 16.5. The number of nitrogens with zero attached hydrogens (tertiary/aromatic N) is 3. The van der Waals surface area contributed by atoms with Gasteiger partial charge < -0.3 is 15.4 Å². The van der Waals surface area contributed by atoms with E-state index >= 15 is 0 Å². The van der Waals surface area contributed by atoms with Crippen molar-refractivity contribution >= 4 is 11.8 Å². The number of aryl methyl sites for hydroxylation is 1. The van der Waals surface area contributed by atoms with Crippen molar-refractivity contribution in [2.45, 2.75) is 45.1 Å². The van der Waals surface area contributed by atoms with Gasteiger partial charge in [-0.2, -0.15) is 0 Å². The second-order valence-electron chi connectivity index (χ2n) is 8.24. The van der Waals surface area contributed by atoms with Gasteiger partial charge in [-0.25, -0.2) is 0 Å². The number of likely N-dealkylation sites (tertiary alicyclic amines) is 2. The summed E-state index contributed by atoms with van der Waals surface area (Å²) in [6.45, 7) is 5.65. The second-order valence-corrected chi connectivity index (χ2v) is 8.24. The Morgan fingerprint density at radius 3 is 2.68 bits per heavy atom. The molecule has 0 aromatic carbocycles. The van der Waals surface area contributed by atoms with E-state index in [0.29, 0.717) is 31.2 Å². The number of methoxy groups -OCH3 is 1. The van der Waals surface area contributed by atoms with Gasteiger partial charge in [0.15, 0.2) is 0 Å². The van der Waals surface area contributed by atoms with Crippen LogP contribution < -0.4 is 5.73 Å². The Bertz CT molecular complexity index is 703. The summed E-state index contributed by atoms with van der Waals surface area (Å²) in [4.78, 5) is 33.4. The molecule has 0 bridgehead atoms. The van der Waals surface area contributed by atoms with Gasteiger partial charge in [0.05, 0.1) is 11.0 Å². The van der Waals surface area contributed by atoms with E-state index in [-0.39, 0.29) is 11.8 Å². The van der Waals surface area contributed by atoms with Gasteiger partial charge in [0.25, 0.3) is 5.91 Å². The topological polar surface area (TPSA) is 88.8 Å². The third kappa shape index (κ3) is 4.52. The van der Waals surface area contributed by atoms with Gasteiger partial charge in [-0.1, -0.05) is 0 Å². The molecule has 2 saturated heterocycles. The SMILES string of the molecule is COCCC1(C(N)=O)CCCN(C2CCN(C(=O)c3cncc(C)c3)CC2)C1. The van der Waals surface area contributed by atoms with Crippen LogP contribution in [-0.4, -0.2) is 72.5 Å². The molecule has 2 aliphatic heterocycles. The summed E-state index contributed by atoms with van der Waals surface area (Å²) in [5.41, 5.74) is 6.95. The zero-order valence-corrected chi connectivity index (χ0v) is 17.0. The van der Waals surface area contributed by atoms with E-state index in [1.54, 1.807) is 19.5 Å². The molecule has 3 rings (SSSR count). The van der Waals surface area contributed by atoms with Crippen LogP contribution in [0, 0.1) is 12.3 Å². The van der Waals surface area contributed by atoms with Gasteiger partial charge in [-0.3, -0.25) is 19.5 Å². The van der Waals surface area contributed by atoms with Crippen molar-refractivity contribution in [3.05, 3.63) is 29.6 Å². The molecular formula is C21H32N4O3. The van der Waals surface area contributed by atoms with Gasteiger partial charge in [0.1, 0.15) is 0 Å². The largest absolute Gasteiger partial charge is 0.385 e. The smallest absolute Gasteiger partial charge is 0.255 e. The number of ether oxygens (including phenoxy) is 1. The van der Waals surface area contributed by atoms with Crippen molar-refractivity contribution in [3.63, 3.8) is 0 Å². The quantitative estimate of drug-likeness (QED) is 0.800. The minimum Gasteiger partial charge on any atom is -0.385 e. The summed E-state index contributed by atoms with van der Waals surface area (Å²) in [5, 5.41) is 0. The standard InChI is InChI=1S/C21H32N4O3/c1-16-12-17(14-23-13-16)19(26)24-9-4-18(5-10-24)25-8-3-6-21(15-25,20(22)27)7-11-28-2/h12-14,18H,3-11,15H2,1-2H3,(H2,22,27). The van der Waals surface area contributed by atoms with Gasteiger partial charge in [-0.15, -0.1) is 0 Å². The first-order valence-corrected chi connectivity index (χ1v) is 10.2. The zero-order chi connectivity index (χ0) is 20.1. The molecule has 7 heteroatoms. The molecule has 2 aliphatic rings. The highest BCUT2D eigenvalue weighted by Crippen LogP contribution is 2.35. The normalized spacial score (nSPS) is 24.3. The van der Waals surface area contributed by atoms with Crippen molar-refractivity contribution in [2.75, 3.05) is 39.9 Å². The van der Waals surface area contributed by atoms with Crippen molar-refractivity contribution in [3.8, 4) is 0 Å². The Kier molecular flexibility index (Phi) is 6.67. The lowest BCUT2D eigenvalue weighted by molar-refractivity contribution is -0.133. The monoisotopic (exact) mass is 388 g/mol. The molecule has 2 fully saturated rings. The second kappa shape index (κ2) is 9.01. The van der Waals surface area contributed by atoms with Gasteiger partial charge >= 0.3 is 0 Å². The Hall–Kier alpha value is -1.99. The fourth-order valence-electron chi connectivity index (χ4n) is 4.59. The third-order valence-corrected chi connectivity index (χ3v) is 6.30. The fourth-order valence-corrected chi connectivity index (χ4v) is 4.59. The van der Waals surface area contributed by atoms with Gasteiger partial charge in [0.2, 0.25) is 5.91 Å². The number of carbonyl (C=O) groups is 2. The van der Waals surface area contributed by atoms with Crippen molar-refractivity contribution in [1.29, 1.82) is 0 Å². The maximum Gasteiger partial charge on any atom is 0.255 e. The summed E-state index contributed by atoms with van der Waals surface area (Å²) in [7, 11) is 1.66. The third-order valence-electron chi connectivity index (χ3n) is 6.30. The molecule has 0 aliphatic carbocycles. The van der Waals surface area contributed by atoms with Crippen molar-refractivity contribution < 1.29 is 14.3 Å². The van der Waals surface area contributed by atoms with E-state index in [9.17, 15) is 9.59 Å². The summed E-state index contributed by atoms with van der Waals surface area (Å²) in [6.07, 6.45) is 7.72. The molecule has 0 saturated carbocycles. The Balaban J connectivity index is 1.59. The number of rotatable bonds is 6. The molecular weight excluding hydrogens is 356 g/mol. The molecule has 0 radical (unpaired) electrons. The number of nitrogens with two attached hydrogens (primary N) is 1.